The van der Waals surface area contributed by atoms with Crippen LogP contribution < -0.4 is 14.8 Å². The second-order valence-electron chi connectivity index (χ2n) is 7.57. The smallest absolute Gasteiger partial charge is 0.397 e. The lowest BCUT2D eigenvalue weighted by Crippen LogP contribution is -2.25. The van der Waals surface area contributed by atoms with Gasteiger partial charge in [-0.1, -0.05) is 12.1 Å². The zero-order valence-electron chi connectivity index (χ0n) is 19.3. The van der Waals surface area contributed by atoms with Crippen LogP contribution in [0.1, 0.15) is 35.3 Å². The lowest BCUT2D eigenvalue weighted by molar-refractivity contribution is -0.152. The number of aliphatic hydroxyl groups is 1. The molecule has 0 saturated carbocycles. The molecule has 0 radical (unpaired) electrons. The molecule has 1 unspecified atom stereocenters. The summed E-state index contributed by atoms with van der Waals surface area (Å²) in [5.74, 6) is -0.808. The van der Waals surface area contributed by atoms with Crippen molar-refractivity contribution in [2.45, 2.75) is 26.9 Å². The SMILES string of the molecule is CCOC(=O)C(=O)Nc1cc(C)c(Oc2ccc(OC)cc2C(O)c2ccc(F)cc2)c(C)c1. The minimum atomic E-state index is -1.09. The first-order valence-corrected chi connectivity index (χ1v) is 10.6. The molecule has 0 heterocycles. The Morgan fingerprint density at radius 1 is 1.03 bits per heavy atom. The normalized spacial score (nSPS) is 11.5. The summed E-state index contributed by atoms with van der Waals surface area (Å²) in [6.45, 7) is 5.31. The van der Waals surface area contributed by atoms with Gasteiger partial charge in [-0.15, -0.1) is 0 Å². The van der Waals surface area contributed by atoms with Crippen molar-refractivity contribution in [3.63, 3.8) is 0 Å². The van der Waals surface area contributed by atoms with Gasteiger partial charge in [0.05, 0.1) is 13.7 Å². The van der Waals surface area contributed by atoms with Gasteiger partial charge in [0.15, 0.2) is 0 Å². The number of esters is 1. The first kappa shape index (κ1) is 24.7. The van der Waals surface area contributed by atoms with E-state index in [1.807, 2.05) is 0 Å². The molecule has 34 heavy (non-hydrogen) atoms. The van der Waals surface area contributed by atoms with Gasteiger partial charge in [-0.25, -0.2) is 9.18 Å². The number of benzene rings is 3. The van der Waals surface area contributed by atoms with Gasteiger partial charge in [-0.05, 0) is 79.9 Å². The molecule has 0 bridgehead atoms. The number of hydrogen-bond donors (Lipinski definition) is 2. The zero-order chi connectivity index (χ0) is 24.8. The van der Waals surface area contributed by atoms with Gasteiger partial charge in [-0.3, -0.25) is 4.79 Å². The molecule has 3 aromatic carbocycles. The van der Waals surface area contributed by atoms with Gasteiger partial charge in [0.25, 0.3) is 0 Å². The van der Waals surface area contributed by atoms with Crippen LogP contribution in [0.25, 0.3) is 0 Å². The summed E-state index contributed by atoms with van der Waals surface area (Å²) in [7, 11) is 1.52. The van der Waals surface area contributed by atoms with E-state index in [0.29, 0.717) is 45.2 Å². The Balaban J connectivity index is 1.92. The molecular weight excluding hydrogens is 441 g/mol. The first-order valence-electron chi connectivity index (χ1n) is 10.6. The predicted octanol–water partition coefficient (Wildman–Crippen LogP) is 4.83. The number of anilines is 1. The third-order valence-corrected chi connectivity index (χ3v) is 5.09. The monoisotopic (exact) mass is 467 g/mol. The van der Waals surface area contributed by atoms with E-state index in [1.165, 1.54) is 31.4 Å². The maximum absolute atomic E-state index is 13.3. The standard InChI is InChI=1S/C26H26FNO6/c1-5-33-26(31)25(30)28-19-12-15(2)24(16(3)13-19)34-22-11-10-20(32-4)14-21(22)23(29)17-6-8-18(27)9-7-17/h6-14,23,29H,5H2,1-4H3,(H,28,30). The molecule has 0 spiro atoms. The highest BCUT2D eigenvalue weighted by atomic mass is 19.1. The highest BCUT2D eigenvalue weighted by molar-refractivity contribution is 6.37. The Bertz CT molecular complexity index is 1170. The molecular formula is C26H26FNO6. The second kappa shape index (κ2) is 10.8. The number of ether oxygens (including phenoxy) is 3. The van der Waals surface area contributed by atoms with E-state index in [0.717, 1.165) is 0 Å². The summed E-state index contributed by atoms with van der Waals surface area (Å²) in [5, 5.41) is 13.5. The van der Waals surface area contributed by atoms with Crippen LogP contribution in [-0.2, 0) is 14.3 Å². The molecule has 1 atom stereocenters. The van der Waals surface area contributed by atoms with Crippen LogP contribution in [-0.4, -0.2) is 30.7 Å². The van der Waals surface area contributed by atoms with Crippen LogP contribution in [0.3, 0.4) is 0 Å². The van der Waals surface area contributed by atoms with E-state index in [2.05, 4.69) is 5.32 Å². The van der Waals surface area contributed by atoms with Gasteiger partial charge in [0, 0.05) is 11.3 Å². The molecule has 3 aromatic rings. The summed E-state index contributed by atoms with van der Waals surface area (Å²) in [6.07, 6.45) is -1.09. The summed E-state index contributed by atoms with van der Waals surface area (Å²) < 4.78 is 29.5. The van der Waals surface area contributed by atoms with Crippen LogP contribution in [0, 0.1) is 19.7 Å². The highest BCUT2D eigenvalue weighted by Gasteiger charge is 2.20. The van der Waals surface area contributed by atoms with Gasteiger partial charge in [0.1, 0.15) is 29.2 Å². The quantitative estimate of drug-likeness (QED) is 0.382. The lowest BCUT2D eigenvalue weighted by atomic mass is 10.00. The third-order valence-electron chi connectivity index (χ3n) is 5.09. The Morgan fingerprint density at radius 3 is 2.26 bits per heavy atom. The number of rotatable bonds is 7. The van der Waals surface area contributed by atoms with Crippen molar-refractivity contribution >= 4 is 17.6 Å². The van der Waals surface area contributed by atoms with Crippen molar-refractivity contribution in [3.8, 4) is 17.2 Å². The molecule has 8 heteroatoms. The predicted molar refractivity (Wildman–Crippen MR) is 125 cm³/mol. The third kappa shape index (κ3) is 5.71. The Labute approximate surface area is 197 Å². The molecule has 0 aromatic heterocycles. The molecule has 1 amide bonds. The number of hydrogen-bond acceptors (Lipinski definition) is 6. The van der Waals surface area contributed by atoms with Crippen molar-refractivity contribution in [1.82, 2.24) is 0 Å². The van der Waals surface area contributed by atoms with Crippen LogP contribution in [0.4, 0.5) is 10.1 Å². The largest absolute Gasteiger partial charge is 0.497 e. The van der Waals surface area contributed by atoms with Crippen molar-refractivity contribution in [2.24, 2.45) is 0 Å². The summed E-state index contributed by atoms with van der Waals surface area (Å²) in [4.78, 5) is 23.6. The topological polar surface area (TPSA) is 94.1 Å². The molecule has 0 aliphatic carbocycles. The molecule has 7 nitrogen and oxygen atoms in total. The molecule has 2 N–H and O–H groups in total. The van der Waals surface area contributed by atoms with E-state index in [9.17, 15) is 19.1 Å². The van der Waals surface area contributed by atoms with Crippen molar-refractivity contribution in [1.29, 1.82) is 0 Å². The summed E-state index contributed by atoms with van der Waals surface area (Å²) in [6, 6.07) is 13.9. The van der Waals surface area contributed by atoms with Crippen molar-refractivity contribution in [3.05, 3.63) is 82.7 Å². The first-order chi connectivity index (χ1) is 16.2. The minimum absolute atomic E-state index is 0.102. The fourth-order valence-corrected chi connectivity index (χ4v) is 3.46. The van der Waals surface area contributed by atoms with Gasteiger partial charge >= 0.3 is 11.9 Å². The maximum atomic E-state index is 13.3. The zero-order valence-corrected chi connectivity index (χ0v) is 19.3. The Morgan fingerprint density at radius 2 is 1.68 bits per heavy atom. The molecule has 0 saturated heterocycles. The van der Waals surface area contributed by atoms with Gasteiger partial charge in [0.2, 0.25) is 0 Å². The fourth-order valence-electron chi connectivity index (χ4n) is 3.46. The van der Waals surface area contributed by atoms with Gasteiger partial charge in [-0.2, -0.15) is 0 Å². The number of carbonyl (C=O) groups excluding carboxylic acids is 2. The fraction of sp³-hybridized carbons (Fsp3) is 0.231. The molecule has 0 aliphatic rings. The Kier molecular flexibility index (Phi) is 7.86. The van der Waals surface area contributed by atoms with E-state index >= 15 is 0 Å². The lowest BCUT2D eigenvalue weighted by Gasteiger charge is -2.20. The van der Waals surface area contributed by atoms with Crippen molar-refractivity contribution < 1.29 is 33.3 Å². The molecule has 0 fully saturated rings. The van der Waals surface area contributed by atoms with Crippen LogP contribution in [0.2, 0.25) is 0 Å². The molecule has 3 rings (SSSR count). The number of aliphatic hydroxyl groups excluding tert-OH is 1. The summed E-state index contributed by atoms with van der Waals surface area (Å²) in [5.41, 5.74) is 2.73. The van der Waals surface area contributed by atoms with E-state index in [1.54, 1.807) is 51.1 Å². The Hall–Kier alpha value is -3.91. The van der Waals surface area contributed by atoms with E-state index in [4.69, 9.17) is 14.2 Å². The van der Waals surface area contributed by atoms with E-state index < -0.39 is 23.8 Å². The van der Waals surface area contributed by atoms with Crippen LogP contribution in [0.15, 0.2) is 54.6 Å². The summed E-state index contributed by atoms with van der Waals surface area (Å²) >= 11 is 0. The molecule has 0 aliphatic heterocycles. The van der Waals surface area contributed by atoms with Gasteiger partial charge < -0.3 is 24.6 Å². The highest BCUT2D eigenvalue weighted by Crippen LogP contribution is 2.38. The van der Waals surface area contributed by atoms with Crippen LogP contribution >= 0.6 is 0 Å². The number of aryl methyl sites for hydroxylation is 2. The molecule has 178 valence electrons. The number of carbonyl (C=O) groups is 2. The number of methoxy groups -OCH3 is 1. The average molecular weight is 467 g/mol. The van der Waals surface area contributed by atoms with E-state index in [-0.39, 0.29) is 6.61 Å². The number of halogens is 1. The van der Waals surface area contributed by atoms with Crippen LogP contribution in [0.5, 0.6) is 17.2 Å². The maximum Gasteiger partial charge on any atom is 0.397 e. The average Bonchev–Trinajstić information content (AvgIpc) is 2.81. The number of amides is 1. The number of nitrogens with one attached hydrogen (secondary N) is 1. The minimum Gasteiger partial charge on any atom is -0.497 e. The second-order valence-corrected chi connectivity index (χ2v) is 7.57. The van der Waals surface area contributed by atoms with Crippen molar-refractivity contribution in [2.75, 3.05) is 19.0 Å².